The Morgan fingerprint density at radius 1 is 1.32 bits per heavy atom. The lowest BCUT2D eigenvalue weighted by Gasteiger charge is -2.05. The minimum atomic E-state index is 0.0873. The number of amides is 1. The first-order valence-electron chi connectivity index (χ1n) is 6.41. The van der Waals surface area contributed by atoms with Gasteiger partial charge in [-0.15, -0.1) is 11.3 Å². The van der Waals surface area contributed by atoms with Gasteiger partial charge in [-0.25, -0.2) is 4.98 Å². The molecule has 0 aliphatic rings. The quantitative estimate of drug-likeness (QED) is 0.907. The van der Waals surface area contributed by atoms with Crippen molar-refractivity contribution < 1.29 is 4.79 Å². The van der Waals surface area contributed by atoms with Crippen molar-refractivity contribution in [3.63, 3.8) is 0 Å². The zero-order valence-electron chi connectivity index (χ0n) is 11.2. The average Bonchev–Trinajstić information content (AvgIpc) is 2.85. The maximum Gasteiger partial charge on any atom is 0.220 e. The molecule has 0 bridgehead atoms. The topological polar surface area (TPSA) is 42.0 Å². The van der Waals surface area contributed by atoms with Crippen LogP contribution in [0.15, 0.2) is 35.7 Å². The molecule has 0 aliphatic carbocycles. The van der Waals surface area contributed by atoms with Crippen molar-refractivity contribution in [2.45, 2.75) is 26.8 Å². The number of nitrogens with zero attached hydrogens (tertiary/aromatic N) is 1. The van der Waals surface area contributed by atoms with Gasteiger partial charge in [0.1, 0.15) is 5.01 Å². The second-order valence-corrected chi connectivity index (χ2v) is 5.74. The van der Waals surface area contributed by atoms with E-state index < -0.39 is 0 Å². The van der Waals surface area contributed by atoms with Crippen molar-refractivity contribution >= 4 is 17.2 Å². The van der Waals surface area contributed by atoms with Crippen LogP contribution in [0.2, 0.25) is 0 Å². The largest absolute Gasteiger partial charge is 0.350 e. The number of benzene rings is 1. The molecule has 0 saturated carbocycles. The molecule has 0 aliphatic heterocycles. The highest BCUT2D eigenvalue weighted by Gasteiger charge is 2.07. The third-order valence-corrected chi connectivity index (χ3v) is 3.57. The van der Waals surface area contributed by atoms with Gasteiger partial charge in [0.15, 0.2) is 0 Å². The predicted molar refractivity (Wildman–Crippen MR) is 78.9 cm³/mol. The van der Waals surface area contributed by atoms with Crippen molar-refractivity contribution in [1.29, 1.82) is 0 Å². The van der Waals surface area contributed by atoms with E-state index in [-0.39, 0.29) is 5.91 Å². The molecule has 100 valence electrons. The summed E-state index contributed by atoms with van der Waals surface area (Å²) in [6, 6.07) is 10.1. The summed E-state index contributed by atoms with van der Waals surface area (Å²) in [5, 5.41) is 5.89. The summed E-state index contributed by atoms with van der Waals surface area (Å²) in [5.41, 5.74) is 2.04. The van der Waals surface area contributed by atoms with E-state index in [4.69, 9.17) is 0 Å². The average molecular weight is 274 g/mol. The molecule has 4 heteroatoms. The van der Waals surface area contributed by atoms with Crippen LogP contribution in [-0.4, -0.2) is 10.9 Å². The summed E-state index contributed by atoms with van der Waals surface area (Å²) in [7, 11) is 0. The SMILES string of the molecule is CC(C)CC(=O)NCc1csc(-c2ccccc2)n1. The first-order valence-corrected chi connectivity index (χ1v) is 7.29. The van der Waals surface area contributed by atoms with Gasteiger partial charge in [0.25, 0.3) is 0 Å². The van der Waals surface area contributed by atoms with Gasteiger partial charge in [-0.1, -0.05) is 44.2 Å². The van der Waals surface area contributed by atoms with E-state index in [0.717, 1.165) is 16.3 Å². The molecular weight excluding hydrogens is 256 g/mol. The molecule has 1 heterocycles. The second-order valence-electron chi connectivity index (χ2n) is 4.88. The van der Waals surface area contributed by atoms with Gasteiger partial charge >= 0.3 is 0 Å². The van der Waals surface area contributed by atoms with Crippen molar-refractivity contribution in [2.24, 2.45) is 5.92 Å². The van der Waals surface area contributed by atoms with Crippen LogP contribution in [-0.2, 0) is 11.3 Å². The van der Waals surface area contributed by atoms with E-state index in [9.17, 15) is 4.79 Å². The first-order chi connectivity index (χ1) is 9.15. The van der Waals surface area contributed by atoms with Crippen LogP contribution < -0.4 is 5.32 Å². The lowest BCUT2D eigenvalue weighted by atomic mass is 10.1. The van der Waals surface area contributed by atoms with Crippen molar-refractivity contribution in [2.75, 3.05) is 0 Å². The molecule has 2 aromatic rings. The summed E-state index contributed by atoms with van der Waals surface area (Å²) in [6.07, 6.45) is 0.565. The number of nitrogens with one attached hydrogen (secondary N) is 1. The molecule has 3 nitrogen and oxygen atoms in total. The van der Waals surface area contributed by atoms with Crippen LogP contribution in [0.25, 0.3) is 10.6 Å². The second kappa shape index (κ2) is 6.48. The van der Waals surface area contributed by atoms with Crippen LogP contribution in [0.4, 0.5) is 0 Å². The molecule has 0 unspecified atom stereocenters. The summed E-state index contributed by atoms with van der Waals surface area (Å²) in [4.78, 5) is 16.1. The van der Waals surface area contributed by atoms with Crippen LogP contribution in [0.1, 0.15) is 26.0 Å². The molecule has 1 N–H and O–H groups in total. The Labute approximate surface area is 117 Å². The van der Waals surface area contributed by atoms with Gasteiger partial charge in [-0.2, -0.15) is 0 Å². The van der Waals surface area contributed by atoms with Gasteiger partial charge in [-0.3, -0.25) is 4.79 Å². The number of thiazole rings is 1. The number of carbonyl (C=O) groups excluding carboxylic acids is 1. The highest BCUT2D eigenvalue weighted by Crippen LogP contribution is 2.23. The van der Waals surface area contributed by atoms with Crippen molar-refractivity contribution in [3.8, 4) is 10.6 Å². The highest BCUT2D eigenvalue weighted by atomic mass is 32.1. The third kappa shape index (κ3) is 4.17. The number of hydrogen-bond donors (Lipinski definition) is 1. The molecule has 0 saturated heterocycles. The normalized spacial score (nSPS) is 10.7. The summed E-state index contributed by atoms with van der Waals surface area (Å²) in [5.74, 6) is 0.472. The Morgan fingerprint density at radius 3 is 2.74 bits per heavy atom. The molecular formula is C15H18N2OS. The van der Waals surface area contributed by atoms with Gasteiger partial charge < -0.3 is 5.32 Å². The molecule has 1 aromatic heterocycles. The lowest BCUT2D eigenvalue weighted by Crippen LogP contribution is -2.24. The minimum Gasteiger partial charge on any atom is -0.350 e. The fourth-order valence-corrected chi connectivity index (χ4v) is 2.56. The third-order valence-electron chi connectivity index (χ3n) is 2.63. The van der Waals surface area contributed by atoms with E-state index in [0.29, 0.717) is 18.9 Å². The van der Waals surface area contributed by atoms with Crippen molar-refractivity contribution in [3.05, 3.63) is 41.4 Å². The standard InChI is InChI=1S/C15H18N2OS/c1-11(2)8-14(18)16-9-13-10-19-15(17-13)12-6-4-3-5-7-12/h3-7,10-11H,8-9H2,1-2H3,(H,16,18). The van der Waals surface area contributed by atoms with E-state index >= 15 is 0 Å². The van der Waals surface area contributed by atoms with Gasteiger partial charge in [-0.05, 0) is 5.92 Å². The zero-order valence-corrected chi connectivity index (χ0v) is 12.0. The maximum atomic E-state index is 11.6. The molecule has 19 heavy (non-hydrogen) atoms. The predicted octanol–water partition coefficient (Wildman–Crippen LogP) is 3.47. The fourth-order valence-electron chi connectivity index (χ4n) is 1.73. The fraction of sp³-hybridized carbons (Fsp3) is 0.333. The summed E-state index contributed by atoms with van der Waals surface area (Å²) in [6.45, 7) is 4.58. The summed E-state index contributed by atoms with van der Waals surface area (Å²) < 4.78 is 0. The first kappa shape index (κ1) is 13.7. The van der Waals surface area contributed by atoms with E-state index in [2.05, 4.69) is 10.3 Å². The van der Waals surface area contributed by atoms with E-state index in [1.807, 2.05) is 49.6 Å². The van der Waals surface area contributed by atoms with Gasteiger partial charge in [0.05, 0.1) is 12.2 Å². The Morgan fingerprint density at radius 2 is 2.05 bits per heavy atom. The van der Waals surface area contributed by atoms with Crippen LogP contribution in [0, 0.1) is 5.92 Å². The zero-order chi connectivity index (χ0) is 13.7. The number of carbonyl (C=O) groups is 1. The minimum absolute atomic E-state index is 0.0873. The summed E-state index contributed by atoms with van der Waals surface area (Å²) >= 11 is 1.61. The Hall–Kier alpha value is -1.68. The van der Waals surface area contributed by atoms with Crippen LogP contribution in [0.3, 0.4) is 0 Å². The number of aromatic nitrogens is 1. The van der Waals surface area contributed by atoms with Crippen LogP contribution in [0.5, 0.6) is 0 Å². The highest BCUT2D eigenvalue weighted by molar-refractivity contribution is 7.13. The Bertz CT molecular complexity index is 534. The molecule has 2 rings (SSSR count). The molecule has 0 atom stereocenters. The van der Waals surface area contributed by atoms with Crippen LogP contribution >= 0.6 is 11.3 Å². The Kier molecular flexibility index (Phi) is 4.68. The van der Waals surface area contributed by atoms with E-state index in [1.54, 1.807) is 11.3 Å². The Balaban J connectivity index is 1.93. The lowest BCUT2D eigenvalue weighted by molar-refractivity contribution is -0.121. The van der Waals surface area contributed by atoms with Gasteiger partial charge in [0.2, 0.25) is 5.91 Å². The van der Waals surface area contributed by atoms with Gasteiger partial charge in [0, 0.05) is 17.4 Å². The monoisotopic (exact) mass is 274 g/mol. The smallest absolute Gasteiger partial charge is 0.220 e. The van der Waals surface area contributed by atoms with Crippen molar-refractivity contribution in [1.82, 2.24) is 10.3 Å². The molecule has 0 radical (unpaired) electrons. The molecule has 1 amide bonds. The molecule has 0 spiro atoms. The molecule has 1 aromatic carbocycles. The number of hydrogen-bond acceptors (Lipinski definition) is 3. The number of rotatable bonds is 5. The molecule has 0 fully saturated rings. The van der Waals surface area contributed by atoms with E-state index in [1.165, 1.54) is 0 Å². The maximum absolute atomic E-state index is 11.6.